The first-order chi connectivity index (χ1) is 11.4. The number of amides is 1. The summed E-state index contributed by atoms with van der Waals surface area (Å²) in [5, 5.41) is 13.7. The Hall–Kier alpha value is -1.86. The third kappa shape index (κ3) is 5.07. The smallest absolute Gasteiger partial charge is 0.277 e. The molecule has 0 radical (unpaired) electrons. The minimum atomic E-state index is -0.389. The summed E-state index contributed by atoms with van der Waals surface area (Å²) >= 11 is 6.55. The number of hydrazone groups is 1. The molecule has 0 atom stereocenters. The number of nitrogens with zero attached hydrogens (tertiary/aromatic N) is 1. The molecule has 5 nitrogen and oxygen atoms in total. The Bertz CT molecular complexity index is 792. The Morgan fingerprint density at radius 3 is 2.75 bits per heavy atom. The molecule has 0 aliphatic carbocycles. The number of halogens is 2. The molecule has 0 fully saturated rings. The number of ether oxygens (including phenoxy) is 1. The first-order valence-electron chi connectivity index (χ1n) is 7.07. The van der Waals surface area contributed by atoms with Crippen LogP contribution in [0.5, 0.6) is 11.5 Å². The Labute approximate surface area is 157 Å². The Morgan fingerprint density at radius 2 is 2.04 bits per heavy atom. The number of phenols is 1. The van der Waals surface area contributed by atoms with Crippen LogP contribution in [0.15, 0.2) is 44.4 Å². The average molecular weight is 456 g/mol. The largest absolute Gasteiger partial charge is 0.506 e. The fourth-order valence-corrected chi connectivity index (χ4v) is 3.25. The Kier molecular flexibility index (Phi) is 6.39. The van der Waals surface area contributed by atoms with E-state index in [-0.39, 0.29) is 18.3 Å². The van der Waals surface area contributed by atoms with Crippen LogP contribution in [0.3, 0.4) is 0 Å². The second-order valence-corrected chi connectivity index (χ2v) is 6.95. The van der Waals surface area contributed by atoms with E-state index in [1.165, 1.54) is 6.21 Å². The summed E-state index contributed by atoms with van der Waals surface area (Å²) < 4.78 is 6.77. The molecule has 0 aliphatic rings. The Morgan fingerprint density at radius 1 is 1.29 bits per heavy atom. The van der Waals surface area contributed by atoms with Gasteiger partial charge < -0.3 is 9.84 Å². The summed E-state index contributed by atoms with van der Waals surface area (Å²) in [6.07, 6.45) is 1.36. The van der Waals surface area contributed by atoms with E-state index in [2.05, 4.69) is 42.4 Å². The molecule has 1 amide bonds. The lowest BCUT2D eigenvalue weighted by Crippen LogP contribution is -2.24. The van der Waals surface area contributed by atoms with Crippen LogP contribution < -0.4 is 10.2 Å². The summed E-state index contributed by atoms with van der Waals surface area (Å²) in [4.78, 5) is 11.8. The van der Waals surface area contributed by atoms with E-state index < -0.39 is 0 Å². The molecule has 0 saturated carbocycles. The van der Waals surface area contributed by atoms with Gasteiger partial charge in [-0.25, -0.2) is 5.43 Å². The van der Waals surface area contributed by atoms with Gasteiger partial charge in [-0.3, -0.25) is 4.79 Å². The monoisotopic (exact) mass is 454 g/mol. The number of carbonyl (C=O) groups is 1. The third-order valence-corrected chi connectivity index (χ3v) is 4.20. The number of phenolic OH excluding ortho intramolecular Hbond substituents is 1. The molecule has 2 N–H and O–H groups in total. The van der Waals surface area contributed by atoms with Crippen LogP contribution in [0.1, 0.15) is 16.7 Å². The van der Waals surface area contributed by atoms with Gasteiger partial charge in [-0.2, -0.15) is 5.10 Å². The maximum Gasteiger partial charge on any atom is 0.277 e. The predicted octanol–water partition coefficient (Wildman–Crippen LogP) is 4.06. The molecular formula is C17H16Br2N2O3. The minimum Gasteiger partial charge on any atom is -0.506 e. The summed E-state index contributed by atoms with van der Waals surface area (Å²) in [7, 11) is 0. The molecule has 2 aromatic carbocycles. The van der Waals surface area contributed by atoms with Crippen molar-refractivity contribution >= 4 is 44.0 Å². The minimum absolute atomic E-state index is 0.0442. The molecule has 7 heteroatoms. The van der Waals surface area contributed by atoms with Crippen LogP contribution in [0.4, 0.5) is 0 Å². The number of rotatable bonds is 5. The highest BCUT2D eigenvalue weighted by Gasteiger charge is 2.06. The lowest BCUT2D eigenvalue weighted by atomic mass is 10.1. The zero-order valence-corrected chi connectivity index (χ0v) is 16.3. The summed E-state index contributed by atoms with van der Waals surface area (Å²) in [5.41, 5.74) is 4.93. The molecule has 24 heavy (non-hydrogen) atoms. The molecule has 2 aromatic rings. The first kappa shape index (κ1) is 18.5. The number of nitrogens with one attached hydrogen (secondary N) is 1. The van der Waals surface area contributed by atoms with E-state index in [0.29, 0.717) is 15.8 Å². The highest BCUT2D eigenvalue weighted by atomic mass is 79.9. The Balaban J connectivity index is 1.91. The van der Waals surface area contributed by atoms with E-state index in [1.807, 2.05) is 32.0 Å². The quantitative estimate of drug-likeness (QED) is 0.527. The second-order valence-electron chi connectivity index (χ2n) is 5.18. The van der Waals surface area contributed by atoms with Crippen molar-refractivity contribution in [3.63, 3.8) is 0 Å². The van der Waals surface area contributed by atoms with Crippen LogP contribution in [0, 0.1) is 13.8 Å². The molecule has 0 heterocycles. The molecule has 0 aliphatic heterocycles. The lowest BCUT2D eigenvalue weighted by Gasteiger charge is -2.08. The van der Waals surface area contributed by atoms with Gasteiger partial charge in [0.25, 0.3) is 5.91 Å². The van der Waals surface area contributed by atoms with E-state index in [0.717, 1.165) is 15.6 Å². The van der Waals surface area contributed by atoms with Crippen molar-refractivity contribution in [1.82, 2.24) is 5.43 Å². The highest BCUT2D eigenvalue weighted by molar-refractivity contribution is 9.11. The van der Waals surface area contributed by atoms with Crippen molar-refractivity contribution in [3.05, 3.63) is 56.0 Å². The van der Waals surface area contributed by atoms with E-state index in [1.54, 1.807) is 12.1 Å². The van der Waals surface area contributed by atoms with Gasteiger partial charge in [-0.05, 0) is 53.5 Å². The van der Waals surface area contributed by atoms with Gasteiger partial charge in [-0.1, -0.05) is 33.6 Å². The summed E-state index contributed by atoms with van der Waals surface area (Å²) in [5.74, 6) is 0.316. The standard InChI is InChI=1S/C17H16Br2N2O3/c1-10-3-4-15(11(2)5-10)24-9-16(22)21-20-8-12-6-13(18)7-14(19)17(12)23/h3-8,23H,9H2,1-2H3,(H,21,22)/b20-8+. The van der Waals surface area contributed by atoms with Crippen LogP contribution in [-0.4, -0.2) is 23.8 Å². The maximum absolute atomic E-state index is 11.8. The van der Waals surface area contributed by atoms with Crippen molar-refractivity contribution < 1.29 is 14.6 Å². The molecular weight excluding hydrogens is 440 g/mol. The highest BCUT2D eigenvalue weighted by Crippen LogP contribution is 2.30. The van der Waals surface area contributed by atoms with Gasteiger partial charge in [0.1, 0.15) is 11.5 Å². The van der Waals surface area contributed by atoms with Gasteiger partial charge in [0.2, 0.25) is 0 Å². The average Bonchev–Trinajstić information content (AvgIpc) is 2.51. The number of hydrogen-bond donors (Lipinski definition) is 2. The van der Waals surface area contributed by atoms with Gasteiger partial charge in [-0.15, -0.1) is 0 Å². The van der Waals surface area contributed by atoms with Crippen LogP contribution in [0.25, 0.3) is 0 Å². The lowest BCUT2D eigenvalue weighted by molar-refractivity contribution is -0.123. The number of aryl methyl sites for hydroxylation is 2. The normalized spacial score (nSPS) is 10.8. The fourth-order valence-electron chi connectivity index (χ4n) is 1.99. The number of aromatic hydroxyl groups is 1. The van der Waals surface area contributed by atoms with Crippen molar-refractivity contribution in [2.24, 2.45) is 5.10 Å². The number of hydrogen-bond acceptors (Lipinski definition) is 4. The molecule has 0 saturated heterocycles. The van der Waals surface area contributed by atoms with Crippen molar-refractivity contribution in [3.8, 4) is 11.5 Å². The molecule has 0 spiro atoms. The van der Waals surface area contributed by atoms with E-state index in [9.17, 15) is 9.90 Å². The van der Waals surface area contributed by atoms with Gasteiger partial charge >= 0.3 is 0 Å². The van der Waals surface area contributed by atoms with E-state index >= 15 is 0 Å². The SMILES string of the molecule is Cc1ccc(OCC(=O)N/N=C/c2cc(Br)cc(Br)c2O)c(C)c1. The summed E-state index contributed by atoms with van der Waals surface area (Å²) in [6, 6.07) is 9.13. The van der Waals surface area contributed by atoms with Gasteiger partial charge in [0, 0.05) is 10.0 Å². The maximum atomic E-state index is 11.8. The van der Waals surface area contributed by atoms with Crippen molar-refractivity contribution in [2.75, 3.05) is 6.61 Å². The van der Waals surface area contributed by atoms with Crippen molar-refractivity contribution in [1.29, 1.82) is 0 Å². The molecule has 0 aromatic heterocycles. The number of carbonyl (C=O) groups excluding carboxylic acids is 1. The number of benzene rings is 2. The zero-order chi connectivity index (χ0) is 17.7. The van der Waals surface area contributed by atoms with Crippen LogP contribution in [0.2, 0.25) is 0 Å². The van der Waals surface area contributed by atoms with E-state index in [4.69, 9.17) is 4.74 Å². The molecule has 0 bridgehead atoms. The third-order valence-electron chi connectivity index (χ3n) is 3.14. The zero-order valence-electron chi connectivity index (χ0n) is 13.1. The fraction of sp³-hybridized carbons (Fsp3) is 0.176. The topological polar surface area (TPSA) is 70.9 Å². The van der Waals surface area contributed by atoms with Gasteiger partial charge in [0.05, 0.1) is 10.7 Å². The van der Waals surface area contributed by atoms with Crippen molar-refractivity contribution in [2.45, 2.75) is 13.8 Å². The van der Waals surface area contributed by atoms with Gasteiger partial charge in [0.15, 0.2) is 6.61 Å². The molecule has 126 valence electrons. The second kappa shape index (κ2) is 8.30. The predicted molar refractivity (Wildman–Crippen MR) is 101 cm³/mol. The summed E-state index contributed by atoms with van der Waals surface area (Å²) in [6.45, 7) is 3.77. The molecule has 0 unspecified atom stereocenters. The molecule has 2 rings (SSSR count). The van der Waals surface area contributed by atoms with Crippen LogP contribution in [-0.2, 0) is 4.79 Å². The van der Waals surface area contributed by atoms with Crippen LogP contribution >= 0.6 is 31.9 Å². The first-order valence-corrected chi connectivity index (χ1v) is 8.65.